The molecule has 1 aliphatic rings. The highest BCUT2D eigenvalue weighted by atomic mass is 16.4. The second-order valence-electron chi connectivity index (χ2n) is 4.68. The summed E-state index contributed by atoms with van der Waals surface area (Å²) in [4.78, 5) is 24.3. The maximum absolute atomic E-state index is 12.0. The van der Waals surface area contributed by atoms with E-state index in [1.54, 1.807) is 4.90 Å². The van der Waals surface area contributed by atoms with Crippen LogP contribution in [0.5, 0.6) is 0 Å². The first-order chi connectivity index (χ1) is 8.08. The minimum absolute atomic E-state index is 0.0294. The topological polar surface area (TPSA) is 83.6 Å². The largest absolute Gasteiger partial charge is 0.481 e. The molecule has 1 rings (SSSR count). The van der Waals surface area contributed by atoms with Gasteiger partial charge in [-0.15, -0.1) is 0 Å². The molecule has 0 bridgehead atoms. The summed E-state index contributed by atoms with van der Waals surface area (Å²) in [5.41, 5.74) is 5.58. The zero-order valence-electron chi connectivity index (χ0n) is 10.4. The average Bonchev–Trinajstić information content (AvgIpc) is 3.10. The number of carbonyl (C=O) groups is 2. The second-order valence-corrected chi connectivity index (χ2v) is 4.68. The van der Waals surface area contributed by atoms with Crippen molar-refractivity contribution in [1.82, 2.24) is 4.90 Å². The van der Waals surface area contributed by atoms with Gasteiger partial charge in [0.15, 0.2) is 0 Å². The van der Waals surface area contributed by atoms with Crippen molar-refractivity contribution in [3.8, 4) is 0 Å². The molecule has 98 valence electrons. The molecule has 0 aromatic rings. The predicted octanol–water partition coefficient (Wildman–Crippen LogP) is 0.827. The van der Waals surface area contributed by atoms with Crippen LogP contribution in [0.15, 0.2) is 0 Å². The zero-order valence-corrected chi connectivity index (χ0v) is 10.4. The summed E-state index contributed by atoms with van der Waals surface area (Å²) in [6.45, 7) is 2.86. The molecule has 1 saturated carbocycles. The molecule has 0 saturated heterocycles. The van der Waals surface area contributed by atoms with Crippen molar-refractivity contribution in [1.29, 1.82) is 0 Å². The van der Waals surface area contributed by atoms with Gasteiger partial charge in [0.05, 0.1) is 6.42 Å². The Morgan fingerprint density at radius 1 is 1.47 bits per heavy atom. The highest BCUT2D eigenvalue weighted by Gasteiger charge is 2.32. The van der Waals surface area contributed by atoms with Crippen molar-refractivity contribution in [3.05, 3.63) is 0 Å². The Balaban J connectivity index is 2.45. The van der Waals surface area contributed by atoms with Crippen molar-refractivity contribution < 1.29 is 14.7 Å². The van der Waals surface area contributed by atoms with E-state index in [4.69, 9.17) is 10.8 Å². The van der Waals surface area contributed by atoms with Crippen molar-refractivity contribution in [2.45, 2.75) is 45.1 Å². The molecule has 5 heteroatoms. The lowest BCUT2D eigenvalue weighted by molar-refractivity contribution is -0.139. The molecular formula is C12H22N2O3. The molecule has 1 fully saturated rings. The molecule has 0 aromatic carbocycles. The standard InChI is InChI=1S/C12H22N2O3/c1-2-9(8-13)7-11(15)14(10-3-4-10)6-5-12(16)17/h9-10H,2-8,13H2,1H3,(H,16,17). The Morgan fingerprint density at radius 2 is 2.12 bits per heavy atom. The third-order valence-corrected chi connectivity index (χ3v) is 3.25. The van der Waals surface area contributed by atoms with E-state index in [1.807, 2.05) is 6.92 Å². The molecule has 5 nitrogen and oxygen atoms in total. The number of carboxylic acid groups (broad SMARTS) is 1. The monoisotopic (exact) mass is 242 g/mol. The molecule has 17 heavy (non-hydrogen) atoms. The van der Waals surface area contributed by atoms with E-state index in [-0.39, 0.29) is 24.3 Å². The molecule has 0 heterocycles. The maximum atomic E-state index is 12.0. The van der Waals surface area contributed by atoms with Crippen LogP contribution < -0.4 is 5.73 Å². The Hall–Kier alpha value is -1.10. The number of rotatable bonds is 8. The van der Waals surface area contributed by atoms with Gasteiger partial charge in [-0.1, -0.05) is 13.3 Å². The summed E-state index contributed by atoms with van der Waals surface area (Å²) in [5, 5.41) is 8.66. The van der Waals surface area contributed by atoms with E-state index < -0.39 is 5.97 Å². The normalized spacial score (nSPS) is 16.6. The van der Waals surface area contributed by atoms with Crippen LogP contribution in [0.4, 0.5) is 0 Å². The van der Waals surface area contributed by atoms with Crippen LogP contribution >= 0.6 is 0 Å². The number of hydrogen-bond donors (Lipinski definition) is 2. The van der Waals surface area contributed by atoms with Gasteiger partial charge in [-0.2, -0.15) is 0 Å². The number of aliphatic carboxylic acids is 1. The Morgan fingerprint density at radius 3 is 2.53 bits per heavy atom. The van der Waals surface area contributed by atoms with Gasteiger partial charge in [0.1, 0.15) is 0 Å². The summed E-state index contributed by atoms with van der Waals surface area (Å²) >= 11 is 0. The summed E-state index contributed by atoms with van der Waals surface area (Å²) in [7, 11) is 0. The lowest BCUT2D eigenvalue weighted by Crippen LogP contribution is -2.36. The van der Waals surface area contributed by atoms with Gasteiger partial charge < -0.3 is 15.7 Å². The fourth-order valence-electron chi connectivity index (χ4n) is 1.87. The second kappa shape index (κ2) is 6.59. The Labute approximate surface area is 102 Å². The minimum Gasteiger partial charge on any atom is -0.481 e. The summed E-state index contributed by atoms with van der Waals surface area (Å²) < 4.78 is 0. The lowest BCUT2D eigenvalue weighted by atomic mass is 10.0. The van der Waals surface area contributed by atoms with E-state index in [9.17, 15) is 9.59 Å². The summed E-state index contributed by atoms with van der Waals surface area (Å²) in [6, 6.07) is 0.275. The van der Waals surface area contributed by atoms with E-state index in [2.05, 4.69) is 0 Å². The summed E-state index contributed by atoms with van der Waals surface area (Å²) in [6.07, 6.45) is 3.38. The molecule has 1 atom stereocenters. The first kappa shape index (κ1) is 14.0. The number of nitrogens with two attached hydrogens (primary N) is 1. The zero-order chi connectivity index (χ0) is 12.8. The fourth-order valence-corrected chi connectivity index (χ4v) is 1.87. The number of amides is 1. The van der Waals surface area contributed by atoms with Crippen molar-refractivity contribution in [2.75, 3.05) is 13.1 Å². The van der Waals surface area contributed by atoms with Crippen molar-refractivity contribution in [2.24, 2.45) is 11.7 Å². The van der Waals surface area contributed by atoms with Gasteiger partial charge >= 0.3 is 5.97 Å². The highest BCUT2D eigenvalue weighted by Crippen LogP contribution is 2.28. The van der Waals surface area contributed by atoms with Crippen LogP contribution in [0.3, 0.4) is 0 Å². The van der Waals surface area contributed by atoms with Gasteiger partial charge in [0, 0.05) is 19.0 Å². The van der Waals surface area contributed by atoms with Gasteiger partial charge in [0.25, 0.3) is 0 Å². The van der Waals surface area contributed by atoms with E-state index in [1.165, 1.54) is 0 Å². The van der Waals surface area contributed by atoms with Crippen LogP contribution in [-0.2, 0) is 9.59 Å². The number of nitrogens with zero attached hydrogens (tertiary/aromatic N) is 1. The van der Waals surface area contributed by atoms with Crippen LogP contribution in [-0.4, -0.2) is 41.0 Å². The minimum atomic E-state index is -0.852. The van der Waals surface area contributed by atoms with Gasteiger partial charge in [-0.05, 0) is 25.3 Å². The SMILES string of the molecule is CCC(CN)CC(=O)N(CCC(=O)O)C1CC1. The van der Waals surface area contributed by atoms with Gasteiger partial charge in [-0.25, -0.2) is 0 Å². The third kappa shape index (κ3) is 4.73. The van der Waals surface area contributed by atoms with Gasteiger partial charge in [-0.3, -0.25) is 9.59 Å². The van der Waals surface area contributed by atoms with Crippen LogP contribution in [0, 0.1) is 5.92 Å². The van der Waals surface area contributed by atoms with E-state index in [0.717, 1.165) is 19.3 Å². The molecule has 0 aliphatic heterocycles. The van der Waals surface area contributed by atoms with Crippen molar-refractivity contribution in [3.63, 3.8) is 0 Å². The van der Waals surface area contributed by atoms with E-state index >= 15 is 0 Å². The molecule has 3 N–H and O–H groups in total. The lowest BCUT2D eigenvalue weighted by Gasteiger charge is -2.23. The molecule has 0 radical (unpaired) electrons. The number of hydrogen-bond acceptors (Lipinski definition) is 3. The number of carboxylic acids is 1. The molecule has 1 aliphatic carbocycles. The third-order valence-electron chi connectivity index (χ3n) is 3.25. The first-order valence-electron chi connectivity index (χ1n) is 6.29. The Bertz CT molecular complexity index is 273. The molecule has 1 amide bonds. The number of carbonyl (C=O) groups excluding carboxylic acids is 1. The maximum Gasteiger partial charge on any atom is 0.305 e. The highest BCUT2D eigenvalue weighted by molar-refractivity contribution is 5.78. The van der Waals surface area contributed by atoms with Crippen LogP contribution in [0.1, 0.15) is 39.0 Å². The summed E-state index contributed by atoms with van der Waals surface area (Å²) in [5.74, 6) is -0.575. The predicted molar refractivity (Wildman–Crippen MR) is 64.4 cm³/mol. The average molecular weight is 242 g/mol. The van der Waals surface area contributed by atoms with Crippen molar-refractivity contribution >= 4 is 11.9 Å². The first-order valence-corrected chi connectivity index (χ1v) is 6.29. The van der Waals surface area contributed by atoms with Gasteiger partial charge in [0.2, 0.25) is 5.91 Å². The smallest absolute Gasteiger partial charge is 0.305 e. The molecule has 0 spiro atoms. The van der Waals surface area contributed by atoms with Crippen LogP contribution in [0.25, 0.3) is 0 Å². The quantitative estimate of drug-likeness (QED) is 0.660. The van der Waals surface area contributed by atoms with E-state index in [0.29, 0.717) is 19.5 Å². The fraction of sp³-hybridized carbons (Fsp3) is 0.833. The molecular weight excluding hydrogens is 220 g/mol. The van der Waals surface area contributed by atoms with Crippen LogP contribution in [0.2, 0.25) is 0 Å². The Kier molecular flexibility index (Phi) is 5.41. The molecule has 1 unspecified atom stereocenters. The molecule has 0 aromatic heterocycles.